The Balaban J connectivity index is 2.53. The first-order valence-corrected chi connectivity index (χ1v) is 4.85. The van der Waals surface area contributed by atoms with Gasteiger partial charge in [-0.05, 0) is 18.6 Å². The summed E-state index contributed by atoms with van der Waals surface area (Å²) in [5.41, 5.74) is 0.664. The van der Waals surface area contributed by atoms with E-state index in [0.29, 0.717) is 18.4 Å². The SMILES string of the molecule is O=C1CCC=C1c1cc(F)c(F)cc1Cl. The fourth-order valence-corrected chi connectivity index (χ4v) is 1.84. The van der Waals surface area contributed by atoms with Gasteiger partial charge in [0.1, 0.15) is 0 Å². The van der Waals surface area contributed by atoms with Crippen LogP contribution in [0.2, 0.25) is 5.02 Å². The number of benzene rings is 1. The van der Waals surface area contributed by atoms with Crippen LogP contribution in [-0.2, 0) is 4.79 Å². The molecule has 4 heteroatoms. The van der Waals surface area contributed by atoms with Crippen LogP contribution in [0.25, 0.3) is 5.57 Å². The number of carbonyl (C=O) groups is 1. The van der Waals surface area contributed by atoms with Crippen molar-refractivity contribution in [2.24, 2.45) is 0 Å². The van der Waals surface area contributed by atoms with E-state index in [4.69, 9.17) is 11.6 Å². The molecule has 0 aliphatic heterocycles. The lowest BCUT2D eigenvalue weighted by molar-refractivity contribution is -0.113. The van der Waals surface area contributed by atoms with Gasteiger partial charge in [0.15, 0.2) is 17.4 Å². The van der Waals surface area contributed by atoms with Crippen molar-refractivity contribution in [1.29, 1.82) is 0 Å². The minimum Gasteiger partial charge on any atom is -0.294 e. The zero-order valence-electron chi connectivity index (χ0n) is 7.69. The van der Waals surface area contributed by atoms with Gasteiger partial charge in [0.2, 0.25) is 0 Å². The first-order valence-electron chi connectivity index (χ1n) is 4.48. The van der Waals surface area contributed by atoms with Gasteiger partial charge in [0.25, 0.3) is 0 Å². The number of halogens is 3. The number of hydrogen-bond donors (Lipinski definition) is 0. The van der Waals surface area contributed by atoms with E-state index < -0.39 is 11.6 Å². The van der Waals surface area contributed by atoms with Gasteiger partial charge >= 0.3 is 0 Å². The molecule has 0 saturated heterocycles. The monoisotopic (exact) mass is 228 g/mol. The van der Waals surface area contributed by atoms with Crippen molar-refractivity contribution < 1.29 is 13.6 Å². The molecule has 1 nitrogen and oxygen atoms in total. The molecule has 1 aromatic rings. The predicted molar refractivity (Wildman–Crippen MR) is 53.6 cm³/mol. The zero-order chi connectivity index (χ0) is 11.0. The summed E-state index contributed by atoms with van der Waals surface area (Å²) in [7, 11) is 0. The highest BCUT2D eigenvalue weighted by Crippen LogP contribution is 2.31. The molecule has 1 aromatic carbocycles. The van der Waals surface area contributed by atoms with Gasteiger partial charge in [-0.1, -0.05) is 17.7 Å². The van der Waals surface area contributed by atoms with E-state index >= 15 is 0 Å². The predicted octanol–water partition coefficient (Wildman–Crippen LogP) is 3.36. The number of ketones is 1. The van der Waals surface area contributed by atoms with Crippen molar-refractivity contribution in [2.45, 2.75) is 12.8 Å². The van der Waals surface area contributed by atoms with Crippen LogP contribution in [0.4, 0.5) is 8.78 Å². The van der Waals surface area contributed by atoms with Crippen LogP contribution < -0.4 is 0 Å². The standard InChI is InChI=1S/C11H7ClF2O/c12-8-5-10(14)9(13)4-7(8)6-2-1-3-11(6)15/h2,4-5H,1,3H2. The Morgan fingerprint density at radius 2 is 1.87 bits per heavy atom. The molecule has 0 bridgehead atoms. The molecule has 15 heavy (non-hydrogen) atoms. The fraction of sp³-hybridized carbons (Fsp3) is 0.182. The van der Waals surface area contributed by atoms with E-state index in [0.717, 1.165) is 12.1 Å². The normalized spacial score (nSPS) is 15.7. The summed E-state index contributed by atoms with van der Waals surface area (Å²) in [5.74, 6) is -2.08. The smallest absolute Gasteiger partial charge is 0.163 e. The van der Waals surface area contributed by atoms with E-state index in [1.54, 1.807) is 6.08 Å². The summed E-state index contributed by atoms with van der Waals surface area (Å²) in [4.78, 5) is 11.4. The van der Waals surface area contributed by atoms with Crippen LogP contribution in [0.3, 0.4) is 0 Å². The lowest BCUT2D eigenvalue weighted by Crippen LogP contribution is -1.98. The maximum absolute atomic E-state index is 13.0. The average molecular weight is 229 g/mol. The van der Waals surface area contributed by atoms with E-state index in [1.807, 2.05) is 0 Å². The van der Waals surface area contributed by atoms with Crippen LogP contribution in [0.5, 0.6) is 0 Å². The van der Waals surface area contributed by atoms with Gasteiger partial charge in [-0.25, -0.2) is 8.78 Å². The second-order valence-corrected chi connectivity index (χ2v) is 3.73. The number of hydrogen-bond acceptors (Lipinski definition) is 1. The molecule has 0 aromatic heterocycles. The van der Waals surface area contributed by atoms with Crippen molar-refractivity contribution in [2.75, 3.05) is 0 Å². The second-order valence-electron chi connectivity index (χ2n) is 3.33. The van der Waals surface area contributed by atoms with Gasteiger partial charge in [-0.2, -0.15) is 0 Å². The molecule has 0 atom stereocenters. The summed E-state index contributed by atoms with van der Waals surface area (Å²) in [6.45, 7) is 0. The van der Waals surface area contributed by atoms with Crippen molar-refractivity contribution >= 4 is 23.0 Å². The molecule has 0 heterocycles. The largest absolute Gasteiger partial charge is 0.294 e. The summed E-state index contributed by atoms with van der Waals surface area (Å²) in [6, 6.07) is 1.85. The van der Waals surface area contributed by atoms with Gasteiger partial charge in [-0.15, -0.1) is 0 Å². The minimum absolute atomic E-state index is 0.0652. The quantitative estimate of drug-likeness (QED) is 0.674. The van der Waals surface area contributed by atoms with Crippen LogP contribution in [0, 0.1) is 11.6 Å². The second kappa shape index (κ2) is 3.74. The first-order chi connectivity index (χ1) is 7.09. The highest BCUT2D eigenvalue weighted by atomic mass is 35.5. The first kappa shape index (κ1) is 10.3. The molecular formula is C11H7ClF2O. The van der Waals surface area contributed by atoms with E-state index in [1.165, 1.54) is 0 Å². The molecule has 1 aliphatic rings. The Morgan fingerprint density at radius 1 is 1.20 bits per heavy atom. The Morgan fingerprint density at radius 3 is 2.47 bits per heavy atom. The molecule has 0 fully saturated rings. The van der Waals surface area contributed by atoms with Crippen LogP contribution in [0.1, 0.15) is 18.4 Å². The van der Waals surface area contributed by atoms with Crippen molar-refractivity contribution in [3.63, 3.8) is 0 Å². The minimum atomic E-state index is -1.00. The van der Waals surface area contributed by atoms with Crippen LogP contribution in [0.15, 0.2) is 18.2 Å². The molecule has 1 aliphatic carbocycles. The number of Topliss-reactive ketones (excluding diaryl/α,β-unsaturated/α-hetero) is 1. The number of allylic oxidation sites excluding steroid dienone is 2. The highest BCUT2D eigenvalue weighted by molar-refractivity contribution is 6.35. The Bertz CT molecular complexity index is 466. The number of carbonyl (C=O) groups excluding carboxylic acids is 1. The van der Waals surface area contributed by atoms with Crippen LogP contribution >= 0.6 is 11.6 Å². The summed E-state index contributed by atoms with van der Waals surface area (Å²) < 4.78 is 25.7. The molecule has 2 rings (SSSR count). The van der Waals surface area contributed by atoms with Gasteiger partial charge < -0.3 is 0 Å². The van der Waals surface area contributed by atoms with Gasteiger partial charge in [-0.3, -0.25) is 4.79 Å². The number of rotatable bonds is 1. The summed E-state index contributed by atoms with van der Waals surface area (Å²) >= 11 is 5.75. The molecular weight excluding hydrogens is 222 g/mol. The maximum atomic E-state index is 13.0. The van der Waals surface area contributed by atoms with Crippen molar-refractivity contribution in [3.8, 4) is 0 Å². The zero-order valence-corrected chi connectivity index (χ0v) is 8.44. The Kier molecular flexibility index (Phi) is 2.57. The third-order valence-corrected chi connectivity index (χ3v) is 2.63. The average Bonchev–Trinajstić information content (AvgIpc) is 2.58. The molecule has 0 N–H and O–H groups in total. The maximum Gasteiger partial charge on any atom is 0.163 e. The summed E-state index contributed by atoms with van der Waals surface area (Å²) in [5, 5.41) is 0.0652. The highest BCUT2D eigenvalue weighted by Gasteiger charge is 2.20. The fourth-order valence-electron chi connectivity index (χ4n) is 1.59. The molecule has 0 spiro atoms. The van der Waals surface area contributed by atoms with E-state index in [9.17, 15) is 13.6 Å². The van der Waals surface area contributed by atoms with E-state index in [2.05, 4.69) is 0 Å². The molecule has 0 unspecified atom stereocenters. The Hall–Kier alpha value is -1.22. The van der Waals surface area contributed by atoms with E-state index in [-0.39, 0.29) is 16.4 Å². The molecule has 78 valence electrons. The third-order valence-electron chi connectivity index (χ3n) is 2.32. The Labute approximate surface area is 90.4 Å². The van der Waals surface area contributed by atoms with Gasteiger partial charge in [0.05, 0.1) is 5.02 Å². The molecule has 0 amide bonds. The summed E-state index contributed by atoms with van der Waals surface area (Å²) in [6.07, 6.45) is 2.73. The molecule has 0 saturated carbocycles. The lowest BCUT2D eigenvalue weighted by atomic mass is 10.0. The van der Waals surface area contributed by atoms with Crippen molar-refractivity contribution in [1.82, 2.24) is 0 Å². The van der Waals surface area contributed by atoms with Crippen LogP contribution in [-0.4, -0.2) is 5.78 Å². The van der Waals surface area contributed by atoms with Crippen molar-refractivity contribution in [3.05, 3.63) is 40.4 Å². The lowest BCUT2D eigenvalue weighted by Gasteiger charge is -2.05. The third kappa shape index (κ3) is 1.79. The van der Waals surface area contributed by atoms with Gasteiger partial charge in [0, 0.05) is 17.6 Å². The topological polar surface area (TPSA) is 17.1 Å². The molecule has 0 radical (unpaired) electrons.